The monoisotopic (exact) mass is 516 g/mol. The number of hydrogen-bond acceptors (Lipinski definition) is 2. The topological polar surface area (TPSA) is 26.3 Å². The summed E-state index contributed by atoms with van der Waals surface area (Å²) in [6.45, 7) is 0. The van der Waals surface area contributed by atoms with Crippen molar-refractivity contribution in [2.45, 2.75) is 81.2 Å². The molecule has 4 heteroatoms. The largest absolute Gasteiger partial charge is 0.464 e. The third-order valence-electron chi connectivity index (χ3n) is 8.41. The zero-order valence-electron chi connectivity index (χ0n) is 21.2. The molecule has 3 aromatic rings. The highest BCUT2D eigenvalue weighted by Crippen LogP contribution is 2.67. The smallest absolute Gasteiger partial charge is 0.137 e. The minimum absolute atomic E-state index is 0.157. The zero-order valence-corrected chi connectivity index (χ0v) is 23.0. The van der Waals surface area contributed by atoms with Crippen molar-refractivity contribution in [1.82, 2.24) is 0 Å². The van der Waals surface area contributed by atoms with E-state index in [2.05, 4.69) is 60.7 Å². The van der Waals surface area contributed by atoms with E-state index in [0.29, 0.717) is 11.6 Å². The van der Waals surface area contributed by atoms with Crippen LogP contribution in [0.25, 0.3) is 0 Å². The fourth-order valence-electron chi connectivity index (χ4n) is 6.82. The molecule has 0 aliphatic heterocycles. The lowest BCUT2D eigenvalue weighted by Crippen LogP contribution is -2.29. The predicted octanol–water partition coefficient (Wildman–Crippen LogP) is 8.56. The molecule has 2 aromatic heterocycles. The maximum absolute atomic E-state index is 6.07. The molecular weight excluding hydrogens is 478 g/mol. The van der Waals surface area contributed by atoms with Crippen molar-refractivity contribution in [3.05, 3.63) is 90.9 Å². The molecule has 0 N–H and O–H groups in total. The highest BCUT2D eigenvalue weighted by Gasteiger charge is 2.41. The minimum atomic E-state index is -0.870. The number of hydrogen-bond donors (Lipinski definition) is 0. The number of rotatable bonds is 8. The van der Waals surface area contributed by atoms with Crippen molar-refractivity contribution in [1.29, 1.82) is 0 Å². The first-order valence-electron chi connectivity index (χ1n) is 14.0. The molecule has 2 heterocycles. The van der Waals surface area contributed by atoms with E-state index in [1.165, 1.54) is 69.5 Å². The van der Waals surface area contributed by atoms with Gasteiger partial charge in [0, 0.05) is 11.6 Å². The third kappa shape index (κ3) is 5.10. The summed E-state index contributed by atoms with van der Waals surface area (Å²) in [6, 6.07) is 17.7. The molecule has 1 atom stereocenters. The van der Waals surface area contributed by atoms with Gasteiger partial charge in [0.15, 0.2) is 0 Å². The first kappa shape index (κ1) is 24.5. The summed E-state index contributed by atoms with van der Waals surface area (Å²) in [5.74, 6) is 0.492. The standard InChI is InChI=1S/C32H38O2P2/c1-3-15-26(16-4-1)35(27-17-5-2-6-18-27)32(25-13-7-8-14-25)28-19-9-10-20-29(28)36(30-21-11-23-33-30)31-22-12-24-34-31/h7-14,19-27,32H,1-6,15-18H2/t32-/m0/s1. The maximum Gasteiger partial charge on any atom is 0.137 e. The first-order chi connectivity index (χ1) is 17.9. The van der Waals surface area contributed by atoms with Crippen LogP contribution in [0.4, 0.5) is 0 Å². The Hall–Kier alpha value is -1.88. The summed E-state index contributed by atoms with van der Waals surface area (Å²) >= 11 is 0. The summed E-state index contributed by atoms with van der Waals surface area (Å²) in [6.07, 6.45) is 27.5. The second kappa shape index (κ2) is 11.7. The van der Waals surface area contributed by atoms with Gasteiger partial charge in [0.2, 0.25) is 0 Å². The molecule has 2 saturated carbocycles. The Morgan fingerprint density at radius 3 is 1.72 bits per heavy atom. The van der Waals surface area contributed by atoms with Gasteiger partial charge in [-0.25, -0.2) is 0 Å². The van der Waals surface area contributed by atoms with Crippen LogP contribution in [0.1, 0.15) is 75.4 Å². The summed E-state index contributed by atoms with van der Waals surface area (Å²) < 4.78 is 12.1. The Morgan fingerprint density at radius 2 is 1.19 bits per heavy atom. The zero-order chi connectivity index (χ0) is 24.2. The van der Waals surface area contributed by atoms with Gasteiger partial charge in [0.25, 0.3) is 0 Å². The molecule has 6 rings (SSSR count). The maximum atomic E-state index is 6.07. The molecule has 0 spiro atoms. The van der Waals surface area contributed by atoms with Crippen molar-refractivity contribution >= 4 is 32.2 Å². The van der Waals surface area contributed by atoms with Crippen molar-refractivity contribution < 1.29 is 8.83 Å². The van der Waals surface area contributed by atoms with Gasteiger partial charge in [-0.1, -0.05) is 95.0 Å². The van der Waals surface area contributed by atoms with Gasteiger partial charge >= 0.3 is 0 Å². The molecular formula is C32H38O2P2. The van der Waals surface area contributed by atoms with E-state index in [-0.39, 0.29) is 7.92 Å². The molecule has 1 aromatic carbocycles. The van der Waals surface area contributed by atoms with E-state index in [4.69, 9.17) is 8.83 Å². The molecule has 188 valence electrons. The van der Waals surface area contributed by atoms with E-state index in [0.717, 1.165) is 22.3 Å². The number of allylic oxidation sites excluding steroid dienone is 4. The van der Waals surface area contributed by atoms with E-state index in [1.807, 2.05) is 24.7 Å². The summed E-state index contributed by atoms with van der Waals surface area (Å²) in [4.78, 5) is 0. The highest BCUT2D eigenvalue weighted by atomic mass is 31.1. The Labute approximate surface area is 218 Å². The Kier molecular flexibility index (Phi) is 7.93. The van der Waals surface area contributed by atoms with Crippen LogP contribution in [0.5, 0.6) is 0 Å². The van der Waals surface area contributed by atoms with E-state index >= 15 is 0 Å². The normalized spacial score (nSPS) is 20.6. The average molecular weight is 517 g/mol. The van der Waals surface area contributed by atoms with Gasteiger partial charge in [-0.15, -0.1) is 0 Å². The van der Waals surface area contributed by atoms with E-state index in [1.54, 1.807) is 5.56 Å². The van der Waals surface area contributed by atoms with Crippen LogP contribution in [0.3, 0.4) is 0 Å². The predicted molar refractivity (Wildman–Crippen MR) is 155 cm³/mol. The van der Waals surface area contributed by atoms with E-state index < -0.39 is 7.92 Å². The Morgan fingerprint density at radius 1 is 0.639 bits per heavy atom. The first-order valence-corrected chi connectivity index (χ1v) is 16.9. The molecule has 3 aliphatic carbocycles. The minimum Gasteiger partial charge on any atom is -0.464 e. The van der Waals surface area contributed by atoms with Crippen LogP contribution in [0.15, 0.2) is 94.2 Å². The molecule has 36 heavy (non-hydrogen) atoms. The van der Waals surface area contributed by atoms with Crippen molar-refractivity contribution in [3.63, 3.8) is 0 Å². The van der Waals surface area contributed by atoms with Crippen molar-refractivity contribution in [3.8, 4) is 0 Å². The van der Waals surface area contributed by atoms with Gasteiger partial charge in [-0.2, -0.15) is 0 Å². The van der Waals surface area contributed by atoms with Gasteiger partial charge in [-0.3, -0.25) is 0 Å². The Balaban J connectivity index is 1.49. The highest BCUT2D eigenvalue weighted by molar-refractivity contribution is 7.79. The third-order valence-corrected chi connectivity index (χ3v) is 14.7. The average Bonchev–Trinajstić information content (AvgIpc) is 3.74. The van der Waals surface area contributed by atoms with Gasteiger partial charge < -0.3 is 8.83 Å². The van der Waals surface area contributed by atoms with Crippen LogP contribution in [0, 0.1) is 5.92 Å². The molecule has 2 nitrogen and oxygen atoms in total. The lowest BCUT2D eigenvalue weighted by Gasteiger charge is -2.45. The summed E-state index contributed by atoms with van der Waals surface area (Å²) in [5.41, 5.74) is 5.98. The van der Waals surface area contributed by atoms with Crippen LogP contribution < -0.4 is 16.3 Å². The van der Waals surface area contributed by atoms with Crippen molar-refractivity contribution in [2.24, 2.45) is 5.92 Å². The number of benzene rings is 1. The molecule has 0 amide bonds. The lowest BCUT2D eigenvalue weighted by atomic mass is 9.98. The lowest BCUT2D eigenvalue weighted by molar-refractivity contribution is 0.478. The van der Waals surface area contributed by atoms with Gasteiger partial charge in [0.1, 0.15) is 11.0 Å². The molecule has 0 radical (unpaired) electrons. The molecule has 2 fully saturated rings. The van der Waals surface area contributed by atoms with Gasteiger partial charge in [-0.05, 0) is 72.1 Å². The van der Waals surface area contributed by atoms with Crippen LogP contribution in [-0.4, -0.2) is 11.3 Å². The molecule has 0 saturated heterocycles. The Bertz CT molecular complexity index is 1070. The molecule has 0 unspecified atom stereocenters. The fraction of sp³-hybridized carbons (Fsp3) is 0.438. The molecule has 3 aliphatic rings. The van der Waals surface area contributed by atoms with E-state index in [9.17, 15) is 0 Å². The summed E-state index contributed by atoms with van der Waals surface area (Å²) in [5, 5.41) is 1.43. The number of furan rings is 2. The van der Waals surface area contributed by atoms with Crippen molar-refractivity contribution in [2.75, 3.05) is 0 Å². The second-order valence-corrected chi connectivity index (χ2v) is 15.6. The SMILES string of the molecule is C1=CC([C@@H](c2ccccc2P(c2ccco2)c2ccco2)P(C2CCCCC2)C2CCCCC2)C=C1. The molecule has 0 bridgehead atoms. The quantitative estimate of drug-likeness (QED) is 0.280. The fourth-order valence-corrected chi connectivity index (χ4v) is 13.7. The second-order valence-electron chi connectivity index (χ2n) is 10.6. The summed E-state index contributed by atoms with van der Waals surface area (Å²) in [7, 11) is -1.03. The van der Waals surface area contributed by atoms with Crippen LogP contribution in [-0.2, 0) is 0 Å². The van der Waals surface area contributed by atoms with Crippen LogP contribution >= 0.6 is 15.8 Å². The van der Waals surface area contributed by atoms with Gasteiger partial charge in [0.05, 0.1) is 20.4 Å². The van der Waals surface area contributed by atoms with Crippen LogP contribution in [0.2, 0.25) is 0 Å².